The first kappa shape index (κ1) is 24.3. The van der Waals surface area contributed by atoms with Crippen LogP contribution in [0.2, 0.25) is 5.02 Å². The maximum Gasteiger partial charge on any atom is 0.349 e. The third-order valence-corrected chi connectivity index (χ3v) is 6.48. The van der Waals surface area contributed by atoms with Crippen LogP contribution in [0.15, 0.2) is 48.5 Å². The fourth-order valence-electron chi connectivity index (χ4n) is 3.34. The molecule has 9 heteroatoms. The van der Waals surface area contributed by atoms with E-state index in [9.17, 15) is 19.5 Å². The molecule has 2 N–H and O–H groups in total. The van der Waals surface area contributed by atoms with Crippen LogP contribution >= 0.6 is 22.9 Å². The van der Waals surface area contributed by atoms with Crippen LogP contribution in [-0.4, -0.2) is 39.6 Å². The highest BCUT2D eigenvalue weighted by Crippen LogP contribution is 2.41. The Labute approximate surface area is 199 Å². The van der Waals surface area contributed by atoms with Crippen LogP contribution in [0, 0.1) is 6.92 Å². The fraction of sp³-hybridized carbons (Fsp3) is 0.208. The molecule has 0 aliphatic carbocycles. The first-order valence-electron chi connectivity index (χ1n) is 9.96. The molecule has 33 heavy (non-hydrogen) atoms. The second-order valence-electron chi connectivity index (χ2n) is 7.40. The van der Waals surface area contributed by atoms with Gasteiger partial charge in [0.1, 0.15) is 5.75 Å². The molecule has 0 radical (unpaired) electrons. The number of thiophene rings is 1. The summed E-state index contributed by atoms with van der Waals surface area (Å²) in [5.74, 6) is -2.40. The topological polar surface area (TPSA) is 104 Å². The molecule has 0 bridgehead atoms. The predicted octanol–water partition coefficient (Wildman–Crippen LogP) is 5.09. The smallest absolute Gasteiger partial charge is 0.349 e. The second kappa shape index (κ2) is 10.5. The number of carboxylic acids is 2. The van der Waals surface area contributed by atoms with Crippen molar-refractivity contribution in [2.24, 2.45) is 0 Å². The lowest BCUT2D eigenvalue weighted by Crippen LogP contribution is -2.27. The summed E-state index contributed by atoms with van der Waals surface area (Å²) in [5, 5.41) is 19.1. The van der Waals surface area contributed by atoms with Crippen LogP contribution in [0.5, 0.6) is 5.75 Å². The molecule has 7 nitrogen and oxygen atoms in total. The summed E-state index contributed by atoms with van der Waals surface area (Å²) in [6, 6.07) is 14.8. The lowest BCUT2D eigenvalue weighted by atomic mass is 10.1. The molecule has 0 fully saturated rings. The summed E-state index contributed by atoms with van der Waals surface area (Å²) in [5.41, 5.74) is 3.14. The Balaban J connectivity index is 1.88. The van der Waals surface area contributed by atoms with Gasteiger partial charge in [0.2, 0.25) is 5.91 Å². The molecule has 0 aliphatic rings. The molecule has 172 valence electrons. The molecule has 1 aromatic heterocycles. The number of carboxylic acid groups (broad SMARTS) is 2. The summed E-state index contributed by atoms with van der Waals surface area (Å²) >= 11 is 6.97. The average Bonchev–Trinajstić information content (AvgIpc) is 3.10. The largest absolute Gasteiger partial charge is 0.480 e. The highest BCUT2D eigenvalue weighted by atomic mass is 35.5. The van der Waals surface area contributed by atoms with Crippen LogP contribution in [0.3, 0.4) is 0 Å². The molecule has 1 heterocycles. The van der Waals surface area contributed by atoms with E-state index < -0.39 is 18.5 Å². The number of aromatic carboxylic acids is 1. The molecule has 1 amide bonds. The van der Waals surface area contributed by atoms with Crippen LogP contribution in [-0.2, 0) is 22.7 Å². The summed E-state index contributed by atoms with van der Waals surface area (Å²) < 4.78 is 5.26. The summed E-state index contributed by atoms with van der Waals surface area (Å²) in [6.45, 7) is 3.37. The zero-order chi connectivity index (χ0) is 24.1. The number of carbonyl (C=O) groups is 3. The van der Waals surface area contributed by atoms with Crippen LogP contribution in [0.4, 0.5) is 0 Å². The first-order chi connectivity index (χ1) is 15.7. The van der Waals surface area contributed by atoms with Crippen molar-refractivity contribution in [2.75, 3.05) is 6.61 Å². The van der Waals surface area contributed by atoms with Crippen LogP contribution in [0.25, 0.3) is 10.4 Å². The Bertz CT molecular complexity index is 1190. The molecular formula is C24H22ClNO6S. The lowest BCUT2D eigenvalue weighted by Gasteiger charge is -2.22. The number of benzene rings is 2. The number of hydrogen-bond donors (Lipinski definition) is 2. The van der Waals surface area contributed by atoms with Crippen molar-refractivity contribution >= 4 is 40.8 Å². The van der Waals surface area contributed by atoms with Crippen molar-refractivity contribution in [3.05, 3.63) is 75.1 Å². The van der Waals surface area contributed by atoms with Gasteiger partial charge in [-0.1, -0.05) is 41.9 Å². The predicted molar refractivity (Wildman–Crippen MR) is 126 cm³/mol. The molecule has 0 atom stereocenters. The average molecular weight is 488 g/mol. The Morgan fingerprint density at radius 1 is 1.03 bits per heavy atom. The minimum atomic E-state index is -1.19. The van der Waals surface area contributed by atoms with E-state index in [4.69, 9.17) is 21.4 Å². The van der Waals surface area contributed by atoms with Gasteiger partial charge < -0.3 is 19.8 Å². The Morgan fingerprint density at radius 3 is 2.30 bits per heavy atom. The number of hydrogen-bond acceptors (Lipinski definition) is 5. The molecular weight excluding hydrogens is 466 g/mol. The van der Waals surface area contributed by atoms with Gasteiger partial charge in [-0.05, 0) is 41.8 Å². The summed E-state index contributed by atoms with van der Waals surface area (Å²) in [7, 11) is 0. The second-order valence-corrected chi connectivity index (χ2v) is 8.86. The van der Waals surface area contributed by atoms with Gasteiger partial charge in [-0.2, -0.15) is 0 Å². The van der Waals surface area contributed by atoms with E-state index >= 15 is 0 Å². The van der Waals surface area contributed by atoms with Crippen molar-refractivity contribution in [1.29, 1.82) is 0 Å². The maximum atomic E-state index is 12.3. The molecule has 0 unspecified atom stereocenters. The van der Waals surface area contributed by atoms with E-state index in [0.717, 1.165) is 28.0 Å². The Morgan fingerprint density at radius 2 is 1.70 bits per heavy atom. The lowest BCUT2D eigenvalue weighted by molar-refractivity contribution is -0.139. The van der Waals surface area contributed by atoms with Crippen molar-refractivity contribution in [1.82, 2.24) is 4.90 Å². The fourth-order valence-corrected chi connectivity index (χ4v) is 4.56. The molecule has 0 saturated heterocycles. The van der Waals surface area contributed by atoms with E-state index in [-0.39, 0.29) is 16.5 Å². The van der Waals surface area contributed by atoms with Gasteiger partial charge in [0.15, 0.2) is 11.5 Å². The van der Waals surface area contributed by atoms with Gasteiger partial charge in [0.05, 0.1) is 0 Å². The van der Waals surface area contributed by atoms with E-state index in [1.165, 1.54) is 6.92 Å². The highest BCUT2D eigenvalue weighted by molar-refractivity contribution is 7.18. The number of carbonyl (C=O) groups excluding carboxylic acids is 1. The Hall–Kier alpha value is -3.36. The first-order valence-corrected chi connectivity index (χ1v) is 11.2. The number of aliphatic carboxylic acids is 1. The zero-order valence-corrected chi connectivity index (χ0v) is 19.6. The van der Waals surface area contributed by atoms with Gasteiger partial charge in [-0.15, -0.1) is 11.3 Å². The number of amides is 1. The third-order valence-electron chi connectivity index (χ3n) is 4.92. The number of ether oxygens (including phenoxy) is 1. The van der Waals surface area contributed by atoms with Gasteiger partial charge in [0.25, 0.3) is 0 Å². The SMILES string of the molecule is CC(=O)N(Cc1ccc(Cl)cc1)Cc1cccc(-c2sc(C(=O)O)c(OCC(=O)O)c2C)c1. The molecule has 0 saturated carbocycles. The van der Waals surface area contributed by atoms with E-state index in [1.807, 2.05) is 36.4 Å². The normalized spacial score (nSPS) is 10.6. The van der Waals surface area contributed by atoms with Crippen molar-refractivity contribution in [3.8, 4) is 16.2 Å². The van der Waals surface area contributed by atoms with E-state index in [0.29, 0.717) is 28.6 Å². The standard InChI is InChI=1S/C24H22ClNO6S/c1-14-21(32-13-20(28)29)23(24(30)31)33-22(14)18-5-3-4-17(10-18)12-26(15(2)27)11-16-6-8-19(25)9-7-16/h3-10H,11-13H2,1-2H3,(H,28,29)(H,30,31). The highest BCUT2D eigenvalue weighted by Gasteiger charge is 2.23. The minimum absolute atomic E-state index is 0.0535. The van der Waals surface area contributed by atoms with Crippen molar-refractivity contribution in [2.45, 2.75) is 26.9 Å². The van der Waals surface area contributed by atoms with Crippen LogP contribution < -0.4 is 4.74 Å². The van der Waals surface area contributed by atoms with Crippen molar-refractivity contribution in [3.63, 3.8) is 0 Å². The zero-order valence-electron chi connectivity index (χ0n) is 18.0. The molecule has 0 aliphatic heterocycles. The molecule has 2 aromatic carbocycles. The summed E-state index contributed by atoms with van der Waals surface area (Å²) in [4.78, 5) is 37.1. The van der Waals surface area contributed by atoms with Gasteiger partial charge in [-0.25, -0.2) is 9.59 Å². The third kappa shape index (κ3) is 6.12. The maximum absolute atomic E-state index is 12.3. The van der Waals surface area contributed by atoms with E-state index in [1.54, 1.807) is 24.0 Å². The van der Waals surface area contributed by atoms with Crippen molar-refractivity contribution < 1.29 is 29.3 Å². The molecule has 3 aromatic rings. The Kier molecular flexibility index (Phi) is 7.73. The number of halogens is 1. The summed E-state index contributed by atoms with van der Waals surface area (Å²) in [6.07, 6.45) is 0. The monoisotopic (exact) mass is 487 g/mol. The van der Waals surface area contributed by atoms with E-state index in [2.05, 4.69) is 0 Å². The number of nitrogens with zero attached hydrogens (tertiary/aromatic N) is 1. The molecule has 3 rings (SSSR count). The van der Waals surface area contributed by atoms with Gasteiger partial charge in [0, 0.05) is 35.5 Å². The minimum Gasteiger partial charge on any atom is -0.480 e. The quantitative estimate of drug-likeness (QED) is 0.435. The van der Waals surface area contributed by atoms with Gasteiger partial charge >= 0.3 is 11.9 Å². The van der Waals surface area contributed by atoms with Gasteiger partial charge in [-0.3, -0.25) is 4.79 Å². The van der Waals surface area contributed by atoms with Crippen LogP contribution in [0.1, 0.15) is 33.3 Å². The number of rotatable bonds is 9. The molecule has 0 spiro atoms.